The summed E-state index contributed by atoms with van der Waals surface area (Å²) >= 11 is 0. The standard InChI is InChI=1S/C13H12O/c1-2-10-7-8-11(9-14)13-6-4-3-5-12(10)13/h3-9H,2H2,1H3. The van der Waals surface area contributed by atoms with E-state index in [0.29, 0.717) is 0 Å². The molecule has 1 nitrogen and oxygen atoms in total. The molecule has 0 bridgehead atoms. The van der Waals surface area contributed by atoms with E-state index in [0.717, 1.165) is 23.7 Å². The minimum Gasteiger partial charge on any atom is -0.298 e. The van der Waals surface area contributed by atoms with E-state index >= 15 is 0 Å². The van der Waals surface area contributed by atoms with Gasteiger partial charge in [0.2, 0.25) is 0 Å². The van der Waals surface area contributed by atoms with Gasteiger partial charge in [-0.2, -0.15) is 0 Å². The average Bonchev–Trinajstić information content (AvgIpc) is 2.27. The zero-order valence-electron chi connectivity index (χ0n) is 8.16. The van der Waals surface area contributed by atoms with Crippen molar-refractivity contribution in [2.45, 2.75) is 13.3 Å². The number of benzene rings is 2. The highest BCUT2D eigenvalue weighted by Crippen LogP contribution is 2.21. The Morgan fingerprint density at radius 3 is 2.43 bits per heavy atom. The Labute approximate surface area is 83.4 Å². The molecule has 2 aromatic rings. The molecule has 2 aromatic carbocycles. The Hall–Kier alpha value is -1.63. The van der Waals surface area contributed by atoms with E-state index in [1.165, 1.54) is 10.9 Å². The van der Waals surface area contributed by atoms with Crippen LogP contribution in [0.1, 0.15) is 22.8 Å². The Morgan fingerprint density at radius 2 is 1.79 bits per heavy atom. The lowest BCUT2D eigenvalue weighted by Crippen LogP contribution is -1.88. The van der Waals surface area contributed by atoms with E-state index in [1.54, 1.807) is 0 Å². The number of aryl methyl sites for hydroxylation is 1. The van der Waals surface area contributed by atoms with Crippen molar-refractivity contribution in [1.29, 1.82) is 0 Å². The fourth-order valence-corrected chi connectivity index (χ4v) is 1.80. The fourth-order valence-electron chi connectivity index (χ4n) is 1.80. The maximum Gasteiger partial charge on any atom is 0.150 e. The molecule has 0 aliphatic rings. The van der Waals surface area contributed by atoms with Gasteiger partial charge in [0.25, 0.3) is 0 Å². The summed E-state index contributed by atoms with van der Waals surface area (Å²) in [5.41, 5.74) is 2.07. The first-order valence-corrected chi connectivity index (χ1v) is 4.82. The first kappa shape index (κ1) is 8.95. The molecule has 0 aliphatic heterocycles. The SMILES string of the molecule is CCc1ccc(C=O)c2ccccc12. The van der Waals surface area contributed by atoms with Gasteiger partial charge in [-0.25, -0.2) is 0 Å². The van der Waals surface area contributed by atoms with Crippen molar-refractivity contribution in [1.82, 2.24) is 0 Å². The maximum absolute atomic E-state index is 10.8. The number of hydrogen-bond donors (Lipinski definition) is 0. The van der Waals surface area contributed by atoms with Gasteiger partial charge in [-0.05, 0) is 22.8 Å². The molecule has 0 saturated carbocycles. The average molecular weight is 184 g/mol. The second kappa shape index (κ2) is 3.62. The van der Waals surface area contributed by atoms with Crippen LogP contribution in [0.25, 0.3) is 10.8 Å². The molecule has 0 N–H and O–H groups in total. The van der Waals surface area contributed by atoms with Gasteiger partial charge in [0, 0.05) is 5.56 Å². The Bertz CT molecular complexity index is 472. The van der Waals surface area contributed by atoms with Crippen LogP contribution in [-0.2, 0) is 6.42 Å². The normalized spacial score (nSPS) is 10.4. The Balaban J connectivity index is 2.84. The minimum absolute atomic E-state index is 0.776. The predicted molar refractivity (Wildman–Crippen MR) is 58.7 cm³/mol. The summed E-state index contributed by atoms with van der Waals surface area (Å²) in [5, 5.41) is 2.25. The summed E-state index contributed by atoms with van der Waals surface area (Å²) < 4.78 is 0. The molecule has 0 spiro atoms. The van der Waals surface area contributed by atoms with Crippen LogP contribution in [-0.4, -0.2) is 6.29 Å². The smallest absolute Gasteiger partial charge is 0.150 e. The van der Waals surface area contributed by atoms with Crippen molar-refractivity contribution in [3.8, 4) is 0 Å². The van der Waals surface area contributed by atoms with Crippen LogP contribution >= 0.6 is 0 Å². The second-order valence-corrected chi connectivity index (χ2v) is 3.33. The van der Waals surface area contributed by atoms with E-state index in [2.05, 4.69) is 13.0 Å². The summed E-state index contributed by atoms with van der Waals surface area (Å²) in [4.78, 5) is 10.8. The van der Waals surface area contributed by atoms with Crippen molar-refractivity contribution >= 4 is 17.1 Å². The third-order valence-corrected chi connectivity index (χ3v) is 2.56. The molecule has 2 rings (SSSR count). The first-order valence-electron chi connectivity index (χ1n) is 4.82. The molecule has 0 saturated heterocycles. The van der Waals surface area contributed by atoms with Crippen molar-refractivity contribution in [2.24, 2.45) is 0 Å². The van der Waals surface area contributed by atoms with Crippen LogP contribution in [0.5, 0.6) is 0 Å². The van der Waals surface area contributed by atoms with Crippen LogP contribution in [0.2, 0.25) is 0 Å². The summed E-state index contributed by atoms with van der Waals surface area (Å²) in [6, 6.07) is 12.0. The lowest BCUT2D eigenvalue weighted by Gasteiger charge is -2.05. The van der Waals surface area contributed by atoms with Crippen LogP contribution < -0.4 is 0 Å². The molecule has 70 valence electrons. The van der Waals surface area contributed by atoms with Crippen LogP contribution in [0.3, 0.4) is 0 Å². The summed E-state index contributed by atoms with van der Waals surface area (Å²) in [6.07, 6.45) is 1.92. The number of hydrogen-bond acceptors (Lipinski definition) is 1. The second-order valence-electron chi connectivity index (χ2n) is 3.33. The lowest BCUT2D eigenvalue weighted by atomic mass is 9.99. The number of fused-ring (bicyclic) bond motifs is 1. The summed E-state index contributed by atoms with van der Waals surface area (Å²) in [6.45, 7) is 2.13. The molecule has 0 aliphatic carbocycles. The van der Waals surface area contributed by atoms with Crippen molar-refractivity contribution in [2.75, 3.05) is 0 Å². The van der Waals surface area contributed by atoms with Crippen molar-refractivity contribution in [3.05, 3.63) is 47.5 Å². The molecule has 0 aromatic heterocycles. The van der Waals surface area contributed by atoms with Crippen LogP contribution in [0.4, 0.5) is 0 Å². The van der Waals surface area contributed by atoms with Gasteiger partial charge in [0.15, 0.2) is 6.29 Å². The molecule has 0 fully saturated rings. The fraction of sp³-hybridized carbons (Fsp3) is 0.154. The van der Waals surface area contributed by atoms with Gasteiger partial charge in [-0.3, -0.25) is 4.79 Å². The van der Waals surface area contributed by atoms with E-state index in [9.17, 15) is 4.79 Å². The van der Waals surface area contributed by atoms with Gasteiger partial charge in [-0.1, -0.05) is 43.3 Å². The molecule has 0 unspecified atom stereocenters. The first-order chi connectivity index (χ1) is 6.86. The molecule has 14 heavy (non-hydrogen) atoms. The molecule has 1 heteroatoms. The number of rotatable bonds is 2. The zero-order chi connectivity index (χ0) is 9.97. The zero-order valence-corrected chi connectivity index (χ0v) is 8.16. The van der Waals surface area contributed by atoms with E-state index < -0.39 is 0 Å². The van der Waals surface area contributed by atoms with E-state index in [1.807, 2.05) is 30.3 Å². The monoisotopic (exact) mass is 184 g/mol. The summed E-state index contributed by atoms with van der Waals surface area (Å²) in [7, 11) is 0. The Kier molecular flexibility index (Phi) is 2.32. The highest BCUT2D eigenvalue weighted by atomic mass is 16.1. The largest absolute Gasteiger partial charge is 0.298 e. The molecule has 0 radical (unpaired) electrons. The summed E-state index contributed by atoms with van der Waals surface area (Å²) in [5.74, 6) is 0. The van der Waals surface area contributed by atoms with Gasteiger partial charge in [0.05, 0.1) is 0 Å². The molecular weight excluding hydrogens is 172 g/mol. The number of aldehydes is 1. The predicted octanol–water partition coefficient (Wildman–Crippen LogP) is 3.21. The van der Waals surface area contributed by atoms with Crippen LogP contribution in [0, 0.1) is 0 Å². The van der Waals surface area contributed by atoms with Gasteiger partial charge < -0.3 is 0 Å². The topological polar surface area (TPSA) is 17.1 Å². The quantitative estimate of drug-likeness (QED) is 0.655. The molecule has 0 amide bonds. The highest BCUT2D eigenvalue weighted by Gasteiger charge is 2.02. The lowest BCUT2D eigenvalue weighted by molar-refractivity contribution is 0.112. The van der Waals surface area contributed by atoms with Gasteiger partial charge >= 0.3 is 0 Å². The van der Waals surface area contributed by atoms with Gasteiger partial charge in [0.1, 0.15) is 0 Å². The van der Waals surface area contributed by atoms with E-state index in [4.69, 9.17) is 0 Å². The number of carbonyl (C=O) groups is 1. The highest BCUT2D eigenvalue weighted by molar-refractivity contribution is 5.99. The molecule has 0 heterocycles. The third-order valence-electron chi connectivity index (χ3n) is 2.56. The van der Waals surface area contributed by atoms with E-state index in [-0.39, 0.29) is 0 Å². The van der Waals surface area contributed by atoms with Crippen molar-refractivity contribution < 1.29 is 4.79 Å². The minimum atomic E-state index is 0.776. The Morgan fingerprint density at radius 1 is 1.07 bits per heavy atom. The maximum atomic E-state index is 10.8. The number of carbonyl (C=O) groups excluding carboxylic acids is 1. The van der Waals surface area contributed by atoms with Crippen molar-refractivity contribution in [3.63, 3.8) is 0 Å². The third kappa shape index (κ3) is 1.31. The van der Waals surface area contributed by atoms with Gasteiger partial charge in [-0.15, -0.1) is 0 Å². The molecular formula is C13H12O. The van der Waals surface area contributed by atoms with Crippen LogP contribution in [0.15, 0.2) is 36.4 Å². The molecule has 0 atom stereocenters.